The van der Waals surface area contributed by atoms with Crippen molar-refractivity contribution in [2.75, 3.05) is 0 Å². The maximum Gasteiger partial charge on any atom is 0.188 e. The molecule has 45 heavy (non-hydrogen) atoms. The fourth-order valence-electron chi connectivity index (χ4n) is 6.21. The van der Waals surface area contributed by atoms with Crippen molar-refractivity contribution < 1.29 is 0 Å². The Morgan fingerprint density at radius 1 is 0.733 bits per heavy atom. The van der Waals surface area contributed by atoms with Gasteiger partial charge in [-0.25, -0.2) is 14.8 Å². The number of benzene rings is 5. The molecule has 0 saturated heterocycles. The lowest BCUT2D eigenvalue weighted by Crippen LogP contribution is -1.98. The molecule has 0 atom stereocenters. The zero-order valence-electron chi connectivity index (χ0n) is 25.1. The summed E-state index contributed by atoms with van der Waals surface area (Å²) in [6, 6.07) is 38.0. The van der Waals surface area contributed by atoms with Crippen molar-refractivity contribution in [2.24, 2.45) is 0 Å². The standard InChI is InChI=1S/C40H29N5/c1-4-26-16-28(24-41)19-31(17-26)29-10-12-39-35(22-29)36-23-30(32-18-27(5-2)20-33(21-32)42-3)11-13-40(36)45(39)38-9-7-6-8-34(38)37-14-15-43-25-44-37/h6-23,25H,4-5H2,1-2H3. The zero-order chi connectivity index (χ0) is 30.9. The van der Waals surface area contributed by atoms with Gasteiger partial charge in [0.05, 0.1) is 40.6 Å². The Balaban J connectivity index is 1.53. The number of hydrogen-bond acceptors (Lipinski definition) is 3. The molecule has 2 aromatic heterocycles. The van der Waals surface area contributed by atoms with Gasteiger partial charge in [-0.1, -0.05) is 67.9 Å². The fourth-order valence-corrected chi connectivity index (χ4v) is 6.21. The minimum Gasteiger partial charge on any atom is -0.309 e. The number of para-hydroxylation sites is 1. The molecule has 0 aliphatic rings. The second kappa shape index (κ2) is 11.6. The maximum atomic E-state index is 9.72. The number of nitriles is 1. The minimum absolute atomic E-state index is 0.650. The lowest BCUT2D eigenvalue weighted by Gasteiger charge is -2.14. The topological polar surface area (TPSA) is 58.9 Å². The number of fused-ring (bicyclic) bond motifs is 3. The summed E-state index contributed by atoms with van der Waals surface area (Å²) in [6.07, 6.45) is 5.07. The van der Waals surface area contributed by atoms with Gasteiger partial charge in [-0.15, -0.1) is 0 Å². The van der Waals surface area contributed by atoms with E-state index in [9.17, 15) is 5.26 Å². The van der Waals surface area contributed by atoms with Crippen LogP contribution in [0.2, 0.25) is 0 Å². The average molecular weight is 580 g/mol. The minimum atomic E-state index is 0.650. The van der Waals surface area contributed by atoms with Gasteiger partial charge in [0.15, 0.2) is 5.69 Å². The first-order valence-electron chi connectivity index (χ1n) is 15.1. The first-order chi connectivity index (χ1) is 22.1. The molecule has 7 rings (SSSR count). The second-order valence-electron chi connectivity index (χ2n) is 11.1. The lowest BCUT2D eigenvalue weighted by atomic mass is 9.96. The molecule has 0 spiro atoms. The third kappa shape index (κ3) is 5.01. The summed E-state index contributed by atoms with van der Waals surface area (Å²) in [5, 5.41) is 11.9. The Kier molecular flexibility index (Phi) is 7.14. The molecule has 0 radical (unpaired) electrons. The Morgan fingerprint density at radius 2 is 1.40 bits per heavy atom. The molecule has 7 aromatic rings. The fraction of sp³-hybridized carbons (Fsp3) is 0.100. The highest BCUT2D eigenvalue weighted by molar-refractivity contribution is 6.12. The molecule has 0 N–H and O–H groups in total. The van der Waals surface area contributed by atoms with E-state index >= 15 is 0 Å². The number of aryl methyl sites for hydroxylation is 2. The first kappa shape index (κ1) is 27.8. The van der Waals surface area contributed by atoms with Crippen molar-refractivity contribution in [3.8, 4) is 45.3 Å². The average Bonchev–Trinajstić information content (AvgIpc) is 3.44. The quantitative estimate of drug-likeness (QED) is 0.184. The van der Waals surface area contributed by atoms with Gasteiger partial charge in [-0.3, -0.25) is 0 Å². The molecule has 0 saturated carbocycles. The SMILES string of the molecule is [C-]#[N+]c1cc(CC)cc(-c2ccc3c(c2)c2cc(-c4cc(C#N)cc(CC)c4)ccc2n3-c2ccccc2-c2ccncn2)c1. The summed E-state index contributed by atoms with van der Waals surface area (Å²) in [5.41, 5.74) is 12.8. The van der Waals surface area contributed by atoms with E-state index in [2.05, 4.69) is 106 Å². The van der Waals surface area contributed by atoms with Crippen LogP contribution in [0.3, 0.4) is 0 Å². The van der Waals surface area contributed by atoms with E-state index in [0.29, 0.717) is 11.3 Å². The van der Waals surface area contributed by atoms with E-state index in [1.54, 1.807) is 12.5 Å². The van der Waals surface area contributed by atoms with Crippen LogP contribution in [0.5, 0.6) is 0 Å². The van der Waals surface area contributed by atoms with Gasteiger partial charge in [0.2, 0.25) is 0 Å². The molecule has 0 unspecified atom stereocenters. The molecule has 214 valence electrons. The molecule has 5 aromatic carbocycles. The van der Waals surface area contributed by atoms with E-state index in [1.165, 1.54) is 0 Å². The van der Waals surface area contributed by atoms with E-state index in [-0.39, 0.29) is 0 Å². The van der Waals surface area contributed by atoms with Gasteiger partial charge >= 0.3 is 0 Å². The lowest BCUT2D eigenvalue weighted by molar-refractivity contribution is 1.14. The molecule has 5 heteroatoms. The number of nitrogens with zero attached hydrogens (tertiary/aromatic N) is 5. The van der Waals surface area contributed by atoms with E-state index in [1.807, 2.05) is 36.4 Å². The highest BCUT2D eigenvalue weighted by Gasteiger charge is 2.18. The van der Waals surface area contributed by atoms with Crippen LogP contribution in [0.4, 0.5) is 5.69 Å². The van der Waals surface area contributed by atoms with Crippen molar-refractivity contribution in [1.29, 1.82) is 5.26 Å². The van der Waals surface area contributed by atoms with Gasteiger partial charge < -0.3 is 4.57 Å². The summed E-state index contributed by atoms with van der Waals surface area (Å²) in [7, 11) is 0. The van der Waals surface area contributed by atoms with Crippen molar-refractivity contribution in [2.45, 2.75) is 26.7 Å². The zero-order valence-corrected chi connectivity index (χ0v) is 25.1. The first-order valence-corrected chi connectivity index (χ1v) is 15.1. The maximum absolute atomic E-state index is 9.72. The van der Waals surface area contributed by atoms with Crippen molar-refractivity contribution in [3.63, 3.8) is 0 Å². The summed E-state index contributed by atoms with van der Waals surface area (Å²) < 4.78 is 2.31. The van der Waals surface area contributed by atoms with E-state index in [4.69, 9.17) is 6.57 Å². The van der Waals surface area contributed by atoms with Crippen LogP contribution in [-0.4, -0.2) is 14.5 Å². The summed E-state index contributed by atoms with van der Waals surface area (Å²) >= 11 is 0. The Hall–Kier alpha value is -6.04. The van der Waals surface area contributed by atoms with Crippen LogP contribution in [0.1, 0.15) is 30.5 Å². The number of aromatic nitrogens is 3. The Bertz CT molecular complexity index is 2190. The predicted octanol–water partition coefficient (Wildman–Crippen LogP) is 10.1. The molecular formula is C40H29N5. The normalized spacial score (nSPS) is 11.0. The van der Waals surface area contributed by atoms with Crippen LogP contribution in [0.25, 0.3) is 65.8 Å². The largest absolute Gasteiger partial charge is 0.309 e. The van der Waals surface area contributed by atoms with Crippen LogP contribution < -0.4 is 0 Å². The molecule has 0 aliphatic heterocycles. The molecular weight excluding hydrogens is 550 g/mol. The van der Waals surface area contributed by atoms with E-state index < -0.39 is 0 Å². The van der Waals surface area contributed by atoms with Crippen molar-refractivity contribution in [3.05, 3.63) is 144 Å². The molecule has 0 bridgehead atoms. The smallest absolute Gasteiger partial charge is 0.188 e. The molecule has 0 amide bonds. The van der Waals surface area contributed by atoms with Crippen molar-refractivity contribution in [1.82, 2.24) is 14.5 Å². The van der Waals surface area contributed by atoms with Gasteiger partial charge in [-0.2, -0.15) is 5.26 Å². The van der Waals surface area contributed by atoms with Gasteiger partial charge in [0.1, 0.15) is 6.33 Å². The second-order valence-corrected chi connectivity index (χ2v) is 11.1. The predicted molar refractivity (Wildman–Crippen MR) is 182 cm³/mol. The van der Waals surface area contributed by atoms with Gasteiger partial charge in [0.25, 0.3) is 0 Å². The third-order valence-electron chi connectivity index (χ3n) is 8.48. The highest BCUT2D eigenvalue weighted by Crippen LogP contribution is 2.40. The summed E-state index contributed by atoms with van der Waals surface area (Å²) in [5.74, 6) is 0. The molecule has 2 heterocycles. The Labute approximate surface area is 262 Å². The van der Waals surface area contributed by atoms with Crippen LogP contribution in [-0.2, 0) is 12.8 Å². The van der Waals surface area contributed by atoms with Crippen LogP contribution >= 0.6 is 0 Å². The monoisotopic (exact) mass is 579 g/mol. The highest BCUT2D eigenvalue weighted by atomic mass is 15.0. The molecule has 5 nitrogen and oxygen atoms in total. The summed E-state index contributed by atoms with van der Waals surface area (Å²) in [6.45, 7) is 11.9. The molecule has 0 fully saturated rings. The van der Waals surface area contributed by atoms with Gasteiger partial charge in [0, 0.05) is 22.5 Å². The van der Waals surface area contributed by atoms with Crippen LogP contribution in [0.15, 0.2) is 116 Å². The number of hydrogen-bond donors (Lipinski definition) is 0. The third-order valence-corrected chi connectivity index (χ3v) is 8.48. The van der Waals surface area contributed by atoms with Crippen LogP contribution in [0, 0.1) is 17.9 Å². The summed E-state index contributed by atoms with van der Waals surface area (Å²) in [4.78, 5) is 12.5. The Morgan fingerprint density at radius 3 is 2.02 bits per heavy atom. The van der Waals surface area contributed by atoms with Gasteiger partial charge in [-0.05, 0) is 95.3 Å². The van der Waals surface area contributed by atoms with Crippen molar-refractivity contribution >= 4 is 27.5 Å². The number of rotatable bonds is 6. The molecule has 0 aliphatic carbocycles. The van der Waals surface area contributed by atoms with E-state index in [0.717, 1.165) is 85.0 Å².